The van der Waals surface area contributed by atoms with Gasteiger partial charge in [0.1, 0.15) is 0 Å². The monoisotopic (exact) mass is 365 g/mol. The predicted octanol–water partition coefficient (Wildman–Crippen LogP) is 1.62. The van der Waals surface area contributed by atoms with E-state index in [-0.39, 0.29) is 16.8 Å². The highest BCUT2D eigenvalue weighted by molar-refractivity contribution is 6.15. The smallest absolute Gasteiger partial charge is 0.350 e. The van der Waals surface area contributed by atoms with Gasteiger partial charge in [-0.2, -0.15) is 0 Å². The van der Waals surface area contributed by atoms with Crippen LogP contribution in [-0.4, -0.2) is 45.0 Å². The molecule has 0 radical (unpaired) electrons. The van der Waals surface area contributed by atoms with E-state index in [1.807, 2.05) is 0 Å². The maximum Gasteiger partial charge on any atom is 0.350 e. The Morgan fingerprint density at radius 1 is 1.04 bits per heavy atom. The Kier molecular flexibility index (Phi) is 5.39. The van der Waals surface area contributed by atoms with Gasteiger partial charge in [0.15, 0.2) is 17.1 Å². The Bertz CT molecular complexity index is 759. The molecule has 0 saturated carbocycles. The highest BCUT2D eigenvalue weighted by Gasteiger charge is 2.39. The molecule has 1 aliphatic rings. The van der Waals surface area contributed by atoms with Gasteiger partial charge in [-0.15, -0.1) is 0 Å². The first kappa shape index (κ1) is 19.1. The molecular weight excluding hydrogens is 346 g/mol. The average molecular weight is 365 g/mol. The van der Waals surface area contributed by atoms with E-state index < -0.39 is 23.7 Å². The van der Waals surface area contributed by atoms with Crippen molar-refractivity contribution in [2.75, 3.05) is 26.6 Å². The van der Waals surface area contributed by atoms with Crippen molar-refractivity contribution in [1.29, 1.82) is 0 Å². The fourth-order valence-electron chi connectivity index (χ4n) is 2.21. The third kappa shape index (κ3) is 3.88. The van der Waals surface area contributed by atoms with Crippen molar-refractivity contribution >= 4 is 23.6 Å². The average Bonchev–Trinajstić information content (AvgIpc) is 2.58. The van der Waals surface area contributed by atoms with Crippen molar-refractivity contribution in [2.24, 2.45) is 0 Å². The lowest BCUT2D eigenvalue weighted by Crippen LogP contribution is -2.42. The van der Waals surface area contributed by atoms with Gasteiger partial charge in [-0.1, -0.05) is 0 Å². The van der Waals surface area contributed by atoms with Crippen LogP contribution >= 0.6 is 0 Å². The molecule has 0 bridgehead atoms. The zero-order valence-electron chi connectivity index (χ0n) is 15.0. The van der Waals surface area contributed by atoms with E-state index in [4.69, 9.17) is 23.7 Å². The number of esters is 3. The van der Waals surface area contributed by atoms with Gasteiger partial charge < -0.3 is 29.0 Å². The number of rotatable bonds is 5. The van der Waals surface area contributed by atoms with Crippen LogP contribution in [0.1, 0.15) is 24.2 Å². The Hall–Kier alpha value is -3.23. The van der Waals surface area contributed by atoms with E-state index in [9.17, 15) is 14.4 Å². The quantitative estimate of drug-likeness (QED) is 0.473. The number of ether oxygens (including phenoxy) is 5. The van der Waals surface area contributed by atoms with Gasteiger partial charge >= 0.3 is 17.9 Å². The third-order valence-corrected chi connectivity index (χ3v) is 3.42. The molecule has 1 fully saturated rings. The SMILES string of the molecule is COC(=O)c1cc(OC)c(OC)cc1NC=C1C(=O)OC(C)(C)OC1=O. The van der Waals surface area contributed by atoms with E-state index in [2.05, 4.69) is 5.32 Å². The van der Waals surface area contributed by atoms with Crippen LogP contribution in [0.4, 0.5) is 5.69 Å². The van der Waals surface area contributed by atoms with Crippen LogP contribution in [0, 0.1) is 0 Å². The maximum atomic E-state index is 12.0. The predicted molar refractivity (Wildman–Crippen MR) is 88.9 cm³/mol. The van der Waals surface area contributed by atoms with E-state index in [1.54, 1.807) is 0 Å². The molecule has 2 rings (SSSR count). The normalized spacial score (nSPS) is 15.5. The minimum Gasteiger partial charge on any atom is -0.493 e. The number of nitrogens with one attached hydrogen (secondary N) is 1. The summed E-state index contributed by atoms with van der Waals surface area (Å²) in [6.07, 6.45) is 1.09. The minimum absolute atomic E-state index is 0.111. The minimum atomic E-state index is -1.34. The number of carbonyl (C=O) groups is 3. The summed E-state index contributed by atoms with van der Waals surface area (Å²) in [6, 6.07) is 2.87. The molecule has 1 aromatic rings. The van der Waals surface area contributed by atoms with Crippen molar-refractivity contribution in [3.05, 3.63) is 29.5 Å². The summed E-state index contributed by atoms with van der Waals surface area (Å²) in [5.74, 6) is -3.05. The second-order valence-electron chi connectivity index (χ2n) is 5.63. The van der Waals surface area contributed by atoms with Gasteiger partial charge in [0.05, 0.1) is 32.6 Å². The number of anilines is 1. The Labute approximate surface area is 149 Å². The van der Waals surface area contributed by atoms with Crippen LogP contribution in [0.2, 0.25) is 0 Å². The molecule has 1 heterocycles. The highest BCUT2D eigenvalue weighted by Crippen LogP contribution is 2.34. The van der Waals surface area contributed by atoms with Crippen LogP contribution in [0.5, 0.6) is 11.5 Å². The van der Waals surface area contributed by atoms with Gasteiger partial charge in [0.25, 0.3) is 5.79 Å². The van der Waals surface area contributed by atoms with Gasteiger partial charge in [0.2, 0.25) is 0 Å². The van der Waals surface area contributed by atoms with Crippen molar-refractivity contribution in [1.82, 2.24) is 0 Å². The number of cyclic esters (lactones) is 2. The van der Waals surface area contributed by atoms with E-state index in [0.29, 0.717) is 11.5 Å². The molecule has 26 heavy (non-hydrogen) atoms. The van der Waals surface area contributed by atoms with Crippen molar-refractivity contribution in [2.45, 2.75) is 19.6 Å². The number of hydrogen-bond acceptors (Lipinski definition) is 9. The molecule has 140 valence electrons. The molecule has 0 unspecified atom stereocenters. The Morgan fingerprint density at radius 2 is 1.58 bits per heavy atom. The first-order valence-electron chi connectivity index (χ1n) is 7.50. The molecule has 0 atom stereocenters. The van der Waals surface area contributed by atoms with E-state index in [1.165, 1.54) is 47.3 Å². The zero-order valence-corrected chi connectivity index (χ0v) is 15.0. The number of methoxy groups -OCH3 is 3. The molecule has 1 saturated heterocycles. The molecule has 9 nitrogen and oxygen atoms in total. The molecule has 1 aliphatic heterocycles. The summed E-state index contributed by atoms with van der Waals surface area (Å²) >= 11 is 0. The van der Waals surface area contributed by atoms with Crippen LogP contribution in [0.15, 0.2) is 23.9 Å². The lowest BCUT2D eigenvalue weighted by Gasteiger charge is -2.29. The first-order chi connectivity index (χ1) is 12.2. The van der Waals surface area contributed by atoms with Crippen LogP contribution in [-0.2, 0) is 23.8 Å². The number of hydrogen-bond donors (Lipinski definition) is 1. The summed E-state index contributed by atoms with van der Waals surface area (Å²) in [4.78, 5) is 35.9. The van der Waals surface area contributed by atoms with Crippen molar-refractivity contribution in [3.8, 4) is 11.5 Å². The Balaban J connectivity index is 2.40. The summed E-state index contributed by atoms with van der Waals surface area (Å²) < 4.78 is 25.1. The van der Waals surface area contributed by atoms with Crippen LogP contribution < -0.4 is 14.8 Å². The Morgan fingerprint density at radius 3 is 2.08 bits per heavy atom. The van der Waals surface area contributed by atoms with Crippen molar-refractivity contribution < 1.29 is 38.1 Å². The lowest BCUT2D eigenvalue weighted by molar-refractivity contribution is -0.222. The zero-order chi connectivity index (χ0) is 19.5. The fourth-order valence-corrected chi connectivity index (χ4v) is 2.21. The topological polar surface area (TPSA) is 109 Å². The lowest BCUT2D eigenvalue weighted by atomic mass is 10.1. The summed E-state index contributed by atoms with van der Waals surface area (Å²) in [7, 11) is 4.07. The third-order valence-electron chi connectivity index (χ3n) is 3.42. The summed E-state index contributed by atoms with van der Waals surface area (Å²) in [5.41, 5.74) is -0.0118. The fraction of sp³-hybridized carbons (Fsp3) is 0.353. The first-order valence-corrected chi connectivity index (χ1v) is 7.50. The van der Waals surface area contributed by atoms with Gasteiger partial charge in [-0.25, -0.2) is 14.4 Å². The molecule has 9 heteroatoms. The van der Waals surface area contributed by atoms with Crippen LogP contribution in [0.3, 0.4) is 0 Å². The molecule has 0 aromatic heterocycles. The van der Waals surface area contributed by atoms with Crippen LogP contribution in [0.25, 0.3) is 0 Å². The molecule has 0 amide bonds. The van der Waals surface area contributed by atoms with E-state index >= 15 is 0 Å². The van der Waals surface area contributed by atoms with Gasteiger partial charge in [-0.05, 0) is 0 Å². The second kappa shape index (κ2) is 7.34. The number of carbonyl (C=O) groups excluding carboxylic acids is 3. The summed E-state index contributed by atoms with van der Waals surface area (Å²) in [6.45, 7) is 2.88. The standard InChI is InChI=1S/C17H19NO8/c1-17(2)25-15(20)10(16(21)26-17)8-18-11-7-13(23-4)12(22-3)6-9(11)14(19)24-5/h6-8,18H,1-5H3. The molecule has 1 aromatic carbocycles. The van der Waals surface area contributed by atoms with Crippen molar-refractivity contribution in [3.63, 3.8) is 0 Å². The molecule has 0 aliphatic carbocycles. The number of benzene rings is 1. The molecule has 1 N–H and O–H groups in total. The van der Waals surface area contributed by atoms with E-state index in [0.717, 1.165) is 6.20 Å². The molecule has 0 spiro atoms. The van der Waals surface area contributed by atoms with Gasteiger partial charge in [0, 0.05) is 32.2 Å². The highest BCUT2D eigenvalue weighted by atomic mass is 16.7. The largest absolute Gasteiger partial charge is 0.493 e. The summed E-state index contributed by atoms with van der Waals surface area (Å²) in [5, 5.41) is 2.71. The molecular formula is C17H19NO8. The maximum absolute atomic E-state index is 12.0. The second-order valence-corrected chi connectivity index (χ2v) is 5.63. The van der Waals surface area contributed by atoms with Gasteiger partial charge in [-0.3, -0.25) is 0 Å².